The number of benzene rings is 1. The largest absolute Gasteiger partial charge is 0.317 e. The third-order valence-corrected chi connectivity index (χ3v) is 6.95. The lowest BCUT2D eigenvalue weighted by Gasteiger charge is -2.23. The van der Waals surface area contributed by atoms with Gasteiger partial charge in [0, 0.05) is 11.3 Å². The highest BCUT2D eigenvalue weighted by atomic mass is 32.1. The molecule has 1 saturated heterocycles. The number of aromatic nitrogens is 2. The third-order valence-electron chi connectivity index (χ3n) is 5.79. The standard InChI is InChI=1S/C19H24N4OS/c1-18(2,13-6-4-3-5-7-13)16-22-23-17(25-16)21-15(24)14-12-19(14)8-10-20-11-9-19/h3-7,14,20H,8-12H2,1-2H3,(H,21,23,24). The molecule has 1 aromatic heterocycles. The van der Waals surface area contributed by atoms with Crippen molar-refractivity contribution in [3.8, 4) is 0 Å². The van der Waals surface area contributed by atoms with Crippen LogP contribution in [0, 0.1) is 11.3 Å². The summed E-state index contributed by atoms with van der Waals surface area (Å²) in [6.07, 6.45) is 3.22. The van der Waals surface area contributed by atoms with Gasteiger partial charge in [-0.25, -0.2) is 0 Å². The highest BCUT2D eigenvalue weighted by Gasteiger charge is 2.57. The van der Waals surface area contributed by atoms with Crippen molar-refractivity contribution in [2.45, 2.75) is 38.5 Å². The first-order chi connectivity index (χ1) is 12.0. The number of carbonyl (C=O) groups excluding carboxylic acids is 1. The van der Waals surface area contributed by atoms with Crippen LogP contribution in [0.4, 0.5) is 5.13 Å². The smallest absolute Gasteiger partial charge is 0.229 e. The Hall–Kier alpha value is -1.79. The molecule has 2 aromatic rings. The van der Waals surface area contributed by atoms with Gasteiger partial charge in [0.25, 0.3) is 0 Å². The Morgan fingerprint density at radius 1 is 1.24 bits per heavy atom. The van der Waals surface area contributed by atoms with Gasteiger partial charge in [-0.05, 0) is 57.2 Å². The van der Waals surface area contributed by atoms with Crippen molar-refractivity contribution in [2.75, 3.05) is 18.4 Å². The number of hydrogen-bond acceptors (Lipinski definition) is 5. The van der Waals surface area contributed by atoms with Crippen molar-refractivity contribution in [3.05, 3.63) is 40.9 Å². The fraction of sp³-hybridized carbons (Fsp3) is 0.526. The summed E-state index contributed by atoms with van der Waals surface area (Å²) >= 11 is 1.48. The summed E-state index contributed by atoms with van der Waals surface area (Å²) in [5, 5.41) is 16.5. The zero-order valence-electron chi connectivity index (χ0n) is 14.7. The molecule has 132 valence electrons. The zero-order chi connectivity index (χ0) is 17.5. The molecule has 1 aliphatic carbocycles. The molecule has 6 heteroatoms. The highest BCUT2D eigenvalue weighted by Crippen LogP contribution is 2.58. The van der Waals surface area contributed by atoms with Gasteiger partial charge in [0.15, 0.2) is 0 Å². The van der Waals surface area contributed by atoms with Crippen molar-refractivity contribution in [2.24, 2.45) is 11.3 Å². The predicted octanol–water partition coefficient (Wildman–Crippen LogP) is 3.19. The molecule has 5 nitrogen and oxygen atoms in total. The van der Waals surface area contributed by atoms with Crippen molar-refractivity contribution < 1.29 is 4.79 Å². The fourth-order valence-corrected chi connectivity index (χ4v) is 4.76. The normalized spacial score (nSPS) is 21.9. The first-order valence-electron chi connectivity index (χ1n) is 8.92. The van der Waals surface area contributed by atoms with E-state index < -0.39 is 0 Å². The molecule has 25 heavy (non-hydrogen) atoms. The Morgan fingerprint density at radius 2 is 1.96 bits per heavy atom. The van der Waals surface area contributed by atoms with Crippen LogP contribution in [0.3, 0.4) is 0 Å². The molecule has 1 aromatic carbocycles. The van der Waals surface area contributed by atoms with E-state index in [1.807, 2.05) is 18.2 Å². The van der Waals surface area contributed by atoms with Crippen molar-refractivity contribution in [1.82, 2.24) is 15.5 Å². The quantitative estimate of drug-likeness (QED) is 0.883. The summed E-state index contributed by atoms with van der Waals surface area (Å²) in [5.41, 5.74) is 1.21. The first kappa shape index (κ1) is 16.7. The van der Waals surface area contributed by atoms with E-state index in [9.17, 15) is 4.79 Å². The van der Waals surface area contributed by atoms with Gasteiger partial charge in [-0.3, -0.25) is 4.79 Å². The van der Waals surface area contributed by atoms with Crippen LogP contribution in [0.1, 0.15) is 43.7 Å². The van der Waals surface area contributed by atoms with E-state index in [0.29, 0.717) is 5.13 Å². The van der Waals surface area contributed by atoms with Gasteiger partial charge in [0.05, 0.1) is 0 Å². The molecular weight excluding hydrogens is 332 g/mol. The van der Waals surface area contributed by atoms with E-state index in [4.69, 9.17) is 0 Å². The van der Waals surface area contributed by atoms with Gasteiger partial charge in [0.1, 0.15) is 5.01 Å². The Bertz CT molecular complexity index is 765. The Balaban J connectivity index is 1.44. The lowest BCUT2D eigenvalue weighted by Crippen LogP contribution is -2.31. The molecule has 2 fully saturated rings. The van der Waals surface area contributed by atoms with E-state index in [1.165, 1.54) is 16.9 Å². The molecule has 1 amide bonds. The van der Waals surface area contributed by atoms with Crippen LogP contribution < -0.4 is 10.6 Å². The number of rotatable bonds is 4. The van der Waals surface area contributed by atoms with E-state index in [0.717, 1.165) is 37.4 Å². The van der Waals surface area contributed by atoms with Gasteiger partial charge in [-0.2, -0.15) is 0 Å². The van der Waals surface area contributed by atoms with Crippen LogP contribution in [0.5, 0.6) is 0 Å². The topological polar surface area (TPSA) is 66.9 Å². The molecule has 4 rings (SSSR count). The maximum atomic E-state index is 12.6. The minimum atomic E-state index is -0.224. The lowest BCUT2D eigenvalue weighted by atomic mass is 9.85. The second-order valence-electron chi connectivity index (χ2n) is 7.76. The molecule has 1 spiro atoms. The van der Waals surface area contributed by atoms with Crippen LogP contribution in [-0.2, 0) is 10.2 Å². The van der Waals surface area contributed by atoms with Gasteiger partial charge in [0.2, 0.25) is 11.0 Å². The summed E-state index contributed by atoms with van der Waals surface area (Å²) in [6, 6.07) is 10.3. The summed E-state index contributed by atoms with van der Waals surface area (Å²) in [7, 11) is 0. The minimum Gasteiger partial charge on any atom is -0.317 e. The molecule has 1 saturated carbocycles. The fourth-order valence-electron chi connectivity index (χ4n) is 3.89. The van der Waals surface area contributed by atoms with Crippen LogP contribution in [0.2, 0.25) is 0 Å². The Morgan fingerprint density at radius 3 is 2.68 bits per heavy atom. The molecule has 0 radical (unpaired) electrons. The summed E-state index contributed by atoms with van der Waals surface area (Å²) in [4.78, 5) is 12.6. The second-order valence-corrected chi connectivity index (χ2v) is 8.74. The first-order valence-corrected chi connectivity index (χ1v) is 9.74. The molecular formula is C19H24N4OS. The van der Waals surface area contributed by atoms with E-state index in [2.05, 4.69) is 46.8 Å². The molecule has 2 heterocycles. The van der Waals surface area contributed by atoms with Gasteiger partial charge < -0.3 is 10.6 Å². The average molecular weight is 356 g/mol. The molecule has 1 atom stereocenters. The number of amides is 1. The predicted molar refractivity (Wildman–Crippen MR) is 99.8 cm³/mol. The van der Waals surface area contributed by atoms with E-state index in [1.54, 1.807) is 0 Å². The van der Waals surface area contributed by atoms with Crippen LogP contribution in [-0.4, -0.2) is 29.2 Å². The van der Waals surface area contributed by atoms with Crippen molar-refractivity contribution >= 4 is 22.4 Å². The molecule has 2 N–H and O–H groups in total. The summed E-state index contributed by atoms with van der Waals surface area (Å²) < 4.78 is 0. The van der Waals surface area contributed by atoms with Crippen LogP contribution >= 0.6 is 11.3 Å². The van der Waals surface area contributed by atoms with Gasteiger partial charge >= 0.3 is 0 Å². The second kappa shape index (κ2) is 6.18. The average Bonchev–Trinajstić information content (AvgIpc) is 3.10. The minimum absolute atomic E-state index is 0.113. The van der Waals surface area contributed by atoms with E-state index >= 15 is 0 Å². The van der Waals surface area contributed by atoms with Gasteiger partial charge in [-0.1, -0.05) is 41.7 Å². The zero-order valence-corrected chi connectivity index (χ0v) is 15.5. The van der Waals surface area contributed by atoms with Crippen molar-refractivity contribution in [1.29, 1.82) is 0 Å². The molecule has 1 aliphatic heterocycles. The Labute approximate surface area is 152 Å². The molecule has 2 aliphatic rings. The number of anilines is 1. The Kier molecular flexibility index (Phi) is 4.12. The summed E-state index contributed by atoms with van der Waals surface area (Å²) in [5.74, 6) is 0.256. The van der Waals surface area contributed by atoms with Gasteiger partial charge in [-0.15, -0.1) is 10.2 Å². The number of nitrogens with one attached hydrogen (secondary N) is 2. The number of hydrogen-bond donors (Lipinski definition) is 2. The highest BCUT2D eigenvalue weighted by molar-refractivity contribution is 7.15. The monoisotopic (exact) mass is 356 g/mol. The number of piperidine rings is 1. The summed E-state index contributed by atoms with van der Waals surface area (Å²) in [6.45, 7) is 6.33. The van der Waals surface area contributed by atoms with Crippen LogP contribution in [0.15, 0.2) is 30.3 Å². The number of nitrogens with zero attached hydrogens (tertiary/aromatic N) is 2. The maximum Gasteiger partial charge on any atom is 0.229 e. The molecule has 0 bridgehead atoms. The van der Waals surface area contributed by atoms with E-state index in [-0.39, 0.29) is 22.7 Å². The van der Waals surface area contributed by atoms with Crippen LogP contribution in [0.25, 0.3) is 0 Å². The SMILES string of the molecule is CC(C)(c1ccccc1)c1nnc(NC(=O)C2CC23CCNCC3)s1. The lowest BCUT2D eigenvalue weighted by molar-refractivity contribution is -0.118. The molecule has 1 unspecified atom stereocenters. The maximum absolute atomic E-state index is 12.6. The number of carbonyl (C=O) groups is 1. The van der Waals surface area contributed by atoms with Crippen molar-refractivity contribution in [3.63, 3.8) is 0 Å². The third kappa shape index (κ3) is 3.09.